The van der Waals surface area contributed by atoms with E-state index in [0.29, 0.717) is 42.1 Å². The second-order valence-corrected chi connectivity index (χ2v) is 17.5. The number of carboxylic acids is 1. The molecule has 292 valence electrons. The van der Waals surface area contributed by atoms with Crippen LogP contribution >= 0.6 is 11.3 Å². The number of aromatic nitrogens is 1. The van der Waals surface area contributed by atoms with Gasteiger partial charge in [0, 0.05) is 42.7 Å². The monoisotopic (exact) mass is 782 g/mol. The highest BCUT2D eigenvalue weighted by atomic mass is 32.2. The minimum atomic E-state index is -4.66. The third-order valence-corrected chi connectivity index (χ3v) is 11.1. The van der Waals surface area contributed by atoms with E-state index < -0.39 is 46.7 Å². The van der Waals surface area contributed by atoms with Crippen molar-refractivity contribution >= 4 is 58.0 Å². The Morgan fingerprint density at radius 1 is 1.08 bits per heavy atom. The lowest BCUT2D eigenvalue weighted by molar-refractivity contribution is -0.878. The van der Waals surface area contributed by atoms with Crippen molar-refractivity contribution < 1.29 is 55.0 Å². The number of aliphatic carboxylic acids is 1. The fourth-order valence-electron chi connectivity index (χ4n) is 6.80. The first-order chi connectivity index (χ1) is 24.8. The molecule has 0 bridgehead atoms. The summed E-state index contributed by atoms with van der Waals surface area (Å²) in [6.07, 6.45) is 6.93. The minimum absolute atomic E-state index is 0.110. The molecule has 2 atom stereocenters. The van der Waals surface area contributed by atoms with Crippen molar-refractivity contribution in [3.63, 3.8) is 0 Å². The number of quaternary nitrogens is 2. The number of nitrogens with one attached hydrogen (secondary N) is 3. The number of hydrogen-bond donors (Lipinski definition) is 5. The summed E-state index contributed by atoms with van der Waals surface area (Å²) in [6.45, 7) is -0.369. The van der Waals surface area contributed by atoms with E-state index in [1.54, 1.807) is 19.1 Å². The van der Waals surface area contributed by atoms with Crippen LogP contribution in [-0.2, 0) is 30.9 Å². The molecule has 0 fully saturated rings. The summed E-state index contributed by atoms with van der Waals surface area (Å²) in [5.41, 5.74) is 2.96. The number of fused-ring (bicyclic) bond motifs is 2. The zero-order valence-corrected chi connectivity index (χ0v) is 32.8. The first-order valence-electron chi connectivity index (χ1n) is 18.0. The maximum absolute atomic E-state index is 16.9. The molecule has 2 amide bonds. The Kier molecular flexibility index (Phi) is 14.0. The standard InChI is InChI=1S/C35H51BF2N6O7S2/c1-25-21-27(14-15-33(45)40-28(24-53(49,50)51)35(48)39-16-18-41(2)17-8-6-7-13-34(46)47)42-29(25)23-30-26(11-9-19-44(3,4)5)22-31(32-12-10-20-52-32)43(30)36(42,37)38/h10,12,20-23,28H,6-9,11,13-19,24H2,1-5H3,(H3-,39,40,45,46,47,48,49,50,51)/p+2/t28-/m0/s1. The van der Waals surface area contributed by atoms with Crippen molar-refractivity contribution in [1.29, 1.82) is 0 Å². The quantitative estimate of drug-likeness (QED) is 0.0560. The number of thiophene rings is 1. The van der Waals surface area contributed by atoms with E-state index in [1.807, 2.05) is 30.6 Å². The van der Waals surface area contributed by atoms with Crippen LogP contribution in [-0.4, -0.2) is 128 Å². The van der Waals surface area contributed by atoms with Crippen LogP contribution in [0, 0.1) is 6.92 Å². The molecule has 0 radical (unpaired) electrons. The van der Waals surface area contributed by atoms with Gasteiger partial charge in [0.05, 0.1) is 59.2 Å². The Balaban J connectivity index is 1.45. The second kappa shape index (κ2) is 17.6. The van der Waals surface area contributed by atoms with Gasteiger partial charge in [-0.2, -0.15) is 8.42 Å². The smallest absolute Gasteiger partial charge is 0.481 e. The normalized spacial score (nSPS) is 16.4. The summed E-state index contributed by atoms with van der Waals surface area (Å²) >= 11 is 1.38. The van der Waals surface area contributed by atoms with Gasteiger partial charge in [-0.1, -0.05) is 6.07 Å². The van der Waals surface area contributed by atoms with Crippen molar-refractivity contribution in [3.8, 4) is 0 Å². The average Bonchev–Trinajstić information content (AvgIpc) is 3.77. The predicted molar refractivity (Wildman–Crippen MR) is 202 cm³/mol. The molecule has 2 aromatic heterocycles. The Morgan fingerprint density at radius 2 is 1.81 bits per heavy atom. The van der Waals surface area contributed by atoms with Crippen molar-refractivity contribution in [2.24, 2.45) is 0 Å². The van der Waals surface area contributed by atoms with Crippen molar-refractivity contribution in [1.82, 2.24) is 15.1 Å². The van der Waals surface area contributed by atoms with E-state index in [-0.39, 0.29) is 31.5 Å². The zero-order valence-electron chi connectivity index (χ0n) is 31.2. The van der Waals surface area contributed by atoms with E-state index in [1.165, 1.54) is 11.3 Å². The van der Waals surface area contributed by atoms with E-state index in [0.717, 1.165) is 61.1 Å². The molecule has 4 heterocycles. The van der Waals surface area contributed by atoms with Gasteiger partial charge in [0.25, 0.3) is 10.1 Å². The van der Waals surface area contributed by atoms with Crippen LogP contribution in [0.15, 0.2) is 40.9 Å². The maximum atomic E-state index is 16.9. The van der Waals surface area contributed by atoms with Crippen LogP contribution in [0.25, 0.3) is 6.08 Å². The Labute approximate surface area is 314 Å². The molecule has 2 aliphatic rings. The van der Waals surface area contributed by atoms with Gasteiger partial charge in [-0.15, -0.1) is 11.3 Å². The van der Waals surface area contributed by atoms with Gasteiger partial charge >= 0.3 is 12.9 Å². The molecular weight excluding hydrogens is 729 g/mol. The molecule has 0 spiro atoms. The van der Waals surface area contributed by atoms with Crippen molar-refractivity contribution in [2.45, 2.75) is 64.3 Å². The fraction of sp³-hybridized carbons (Fsp3) is 0.543. The van der Waals surface area contributed by atoms with E-state index in [9.17, 15) is 27.4 Å². The molecule has 0 saturated heterocycles. The molecule has 5 N–H and O–H groups in total. The number of likely N-dealkylation sites (N-methyl/N-ethyl adjacent to an activating group) is 1. The van der Waals surface area contributed by atoms with Gasteiger partial charge in [-0.25, -0.2) is 0 Å². The van der Waals surface area contributed by atoms with Gasteiger partial charge in [0.1, 0.15) is 11.8 Å². The molecule has 18 heteroatoms. The van der Waals surface area contributed by atoms with Gasteiger partial charge < -0.3 is 42.7 Å². The SMILES string of the molecule is Cc1cc(CCC(=O)N[C@@H](CS(=O)(=O)O)C(=O)NCC[NH+](C)CCCCCC(=O)O)n2c1C=C1C(CCC[N+](C)(C)C)=CC(c3cccs3)=[N+]1[B-]2(F)F. The lowest BCUT2D eigenvalue weighted by Crippen LogP contribution is -3.09. The Morgan fingerprint density at radius 3 is 2.45 bits per heavy atom. The first kappa shape index (κ1) is 42.0. The molecule has 0 aromatic carbocycles. The Hall–Kier alpha value is -3.71. The highest BCUT2D eigenvalue weighted by Crippen LogP contribution is 2.40. The molecule has 1 unspecified atom stereocenters. The molecule has 2 aromatic rings. The minimum Gasteiger partial charge on any atom is -0.481 e. The number of aryl methyl sites for hydroxylation is 2. The highest BCUT2D eigenvalue weighted by Gasteiger charge is 2.54. The summed E-state index contributed by atoms with van der Waals surface area (Å²) in [6, 6.07) is 3.69. The van der Waals surface area contributed by atoms with Crippen molar-refractivity contribution in [3.05, 3.63) is 62.8 Å². The van der Waals surface area contributed by atoms with Crippen LogP contribution in [0.3, 0.4) is 0 Å². The number of unbranched alkanes of at least 4 members (excludes halogenated alkanes) is 2. The van der Waals surface area contributed by atoms with Gasteiger partial charge in [-0.3, -0.25) is 18.9 Å². The van der Waals surface area contributed by atoms with Gasteiger partial charge in [0.2, 0.25) is 11.8 Å². The number of carbonyl (C=O) groups is 3. The summed E-state index contributed by atoms with van der Waals surface area (Å²) in [5.74, 6) is -3.42. The molecule has 2 aliphatic heterocycles. The number of amides is 2. The van der Waals surface area contributed by atoms with Crippen LogP contribution in [0.2, 0.25) is 0 Å². The van der Waals surface area contributed by atoms with E-state index in [4.69, 9.17) is 5.11 Å². The largest absolute Gasteiger partial charge is 0.737 e. The van der Waals surface area contributed by atoms with Crippen LogP contribution in [0.4, 0.5) is 8.63 Å². The van der Waals surface area contributed by atoms with Crippen LogP contribution in [0.5, 0.6) is 0 Å². The summed E-state index contributed by atoms with van der Waals surface area (Å²) in [4.78, 5) is 38.5. The molecule has 4 rings (SSSR count). The van der Waals surface area contributed by atoms with Crippen LogP contribution in [0.1, 0.15) is 66.8 Å². The number of carbonyl (C=O) groups excluding carboxylic acids is 2. The summed E-state index contributed by atoms with van der Waals surface area (Å²) < 4.78 is 69.6. The third-order valence-electron chi connectivity index (χ3n) is 9.44. The van der Waals surface area contributed by atoms with Crippen LogP contribution < -0.4 is 15.5 Å². The highest BCUT2D eigenvalue weighted by molar-refractivity contribution is 7.85. The first-order valence-corrected chi connectivity index (χ1v) is 20.5. The molecule has 13 nitrogen and oxygen atoms in total. The third kappa shape index (κ3) is 11.6. The van der Waals surface area contributed by atoms with Gasteiger partial charge in [0.15, 0.2) is 11.4 Å². The Bertz CT molecular complexity index is 1870. The van der Waals surface area contributed by atoms with E-state index in [2.05, 4.69) is 31.8 Å². The average molecular weight is 783 g/mol. The molecule has 0 saturated carbocycles. The lowest BCUT2D eigenvalue weighted by atomic mass is 9.88. The zero-order chi connectivity index (χ0) is 39.1. The number of allylic oxidation sites excluding steroid dienone is 2. The van der Waals surface area contributed by atoms with E-state index >= 15 is 8.63 Å². The second-order valence-electron chi connectivity index (χ2n) is 15.0. The van der Waals surface area contributed by atoms with Crippen molar-refractivity contribution in [2.75, 3.05) is 60.1 Å². The summed E-state index contributed by atoms with van der Waals surface area (Å²) in [7, 11) is 3.52. The fourth-order valence-corrected chi connectivity index (χ4v) is 8.20. The van der Waals surface area contributed by atoms with Gasteiger partial charge in [-0.05, 0) is 67.8 Å². The topological polar surface area (TPSA) is 162 Å². The number of hydrogen-bond acceptors (Lipinski definition) is 6. The number of carboxylic acid groups (broad SMARTS) is 1. The maximum Gasteiger partial charge on any atom is 0.737 e. The predicted octanol–water partition coefficient (Wildman–Crippen LogP) is 1.94. The lowest BCUT2D eigenvalue weighted by Gasteiger charge is -2.31. The number of halogens is 2. The molecule has 0 aliphatic carbocycles. The molecular formula is C35H53BF2N6O7S2+2. The number of rotatable bonds is 21. The molecule has 53 heavy (non-hydrogen) atoms. The summed E-state index contributed by atoms with van der Waals surface area (Å²) in [5, 5.41) is 15.6. The number of nitrogens with zero attached hydrogens (tertiary/aromatic N) is 3.